The van der Waals surface area contributed by atoms with E-state index in [0.717, 1.165) is 0 Å². The number of aliphatic imine (C=N–C) groups is 1. The molecule has 0 aliphatic carbocycles. The molecule has 2 aromatic rings. The molecule has 1 fully saturated rings. The highest BCUT2D eigenvalue weighted by Gasteiger charge is 2.32. The first-order valence-corrected chi connectivity index (χ1v) is 9.36. The third-order valence-electron chi connectivity index (χ3n) is 3.56. The quantitative estimate of drug-likeness (QED) is 0.524. The Hall–Kier alpha value is -2.32. The Morgan fingerprint density at radius 2 is 2.19 bits per heavy atom. The van der Waals surface area contributed by atoms with Crippen molar-refractivity contribution in [3.8, 4) is 0 Å². The molecule has 0 spiro atoms. The number of methoxy groups -OCH3 is 1. The number of benzene rings is 1. The summed E-state index contributed by atoms with van der Waals surface area (Å²) < 4.78 is 10.8. The summed E-state index contributed by atoms with van der Waals surface area (Å²) in [5, 5.41) is 0.552. The molecule has 0 unspecified atom stereocenters. The minimum atomic E-state index is -0.432. The van der Waals surface area contributed by atoms with Gasteiger partial charge in [0.2, 0.25) is 0 Å². The highest BCUT2D eigenvalue weighted by atomic mass is 79.9. The van der Waals surface area contributed by atoms with E-state index in [1.54, 1.807) is 47.4 Å². The molecule has 1 aliphatic heterocycles. The van der Waals surface area contributed by atoms with Gasteiger partial charge in [-0.15, -0.1) is 0 Å². The lowest BCUT2D eigenvalue weighted by Crippen LogP contribution is -2.28. The SMILES string of the molecule is CCN1C(=O)C(=Cc2ccc(Br)o2)SC1=Nc1cccc(C(=O)OC)c1. The molecule has 1 aliphatic rings. The van der Waals surface area contributed by atoms with Crippen LogP contribution < -0.4 is 0 Å². The summed E-state index contributed by atoms with van der Waals surface area (Å²) in [4.78, 5) is 30.9. The van der Waals surface area contributed by atoms with Gasteiger partial charge in [0.1, 0.15) is 5.76 Å². The Kier molecular flexibility index (Phi) is 5.63. The number of carbonyl (C=O) groups is 2. The molecule has 1 amide bonds. The second-order valence-corrected chi connectivity index (χ2v) is 7.03. The predicted molar refractivity (Wildman–Crippen MR) is 104 cm³/mol. The standard InChI is InChI=1S/C18H15BrN2O4S/c1-3-21-16(22)14(10-13-7-8-15(19)25-13)26-18(21)20-12-6-4-5-11(9-12)17(23)24-2/h4-10H,3H2,1-2H3. The van der Waals surface area contributed by atoms with Crippen molar-refractivity contribution < 1.29 is 18.7 Å². The number of nitrogens with zero attached hydrogens (tertiary/aromatic N) is 2. The van der Waals surface area contributed by atoms with Crippen molar-refractivity contribution >= 4 is 56.5 Å². The van der Waals surface area contributed by atoms with Crippen LogP contribution in [0.25, 0.3) is 6.08 Å². The van der Waals surface area contributed by atoms with Crippen LogP contribution in [0.15, 0.2) is 55.4 Å². The second-order valence-electron chi connectivity index (χ2n) is 5.24. The average molecular weight is 435 g/mol. The molecule has 1 saturated heterocycles. The van der Waals surface area contributed by atoms with Gasteiger partial charge in [-0.1, -0.05) is 6.07 Å². The number of thioether (sulfide) groups is 1. The van der Waals surface area contributed by atoms with Gasteiger partial charge in [-0.3, -0.25) is 9.69 Å². The number of furan rings is 1. The smallest absolute Gasteiger partial charge is 0.337 e. The van der Waals surface area contributed by atoms with Crippen LogP contribution in [0, 0.1) is 0 Å². The largest absolute Gasteiger partial charge is 0.465 e. The van der Waals surface area contributed by atoms with Gasteiger partial charge >= 0.3 is 5.97 Å². The van der Waals surface area contributed by atoms with E-state index in [1.165, 1.54) is 18.9 Å². The normalized spacial score (nSPS) is 17.3. The molecule has 6 nitrogen and oxygen atoms in total. The Balaban J connectivity index is 1.92. The summed E-state index contributed by atoms with van der Waals surface area (Å²) in [7, 11) is 1.33. The molecule has 0 N–H and O–H groups in total. The Morgan fingerprint density at radius 1 is 1.38 bits per heavy atom. The maximum atomic E-state index is 12.6. The van der Waals surface area contributed by atoms with E-state index in [0.29, 0.717) is 38.3 Å². The molecule has 3 rings (SSSR count). The molecule has 1 aromatic heterocycles. The predicted octanol–water partition coefficient (Wildman–Crippen LogP) is 4.45. The monoisotopic (exact) mass is 434 g/mol. The maximum Gasteiger partial charge on any atom is 0.337 e. The average Bonchev–Trinajstić information content (AvgIpc) is 3.17. The fraction of sp³-hybridized carbons (Fsp3) is 0.167. The van der Waals surface area contributed by atoms with Crippen molar-refractivity contribution in [2.45, 2.75) is 6.92 Å². The Labute approximate surface area is 163 Å². The summed E-state index contributed by atoms with van der Waals surface area (Å²) in [6.07, 6.45) is 1.69. The summed E-state index contributed by atoms with van der Waals surface area (Å²) in [5.74, 6) is 0.0177. The number of esters is 1. The Morgan fingerprint density at radius 3 is 2.85 bits per heavy atom. The molecule has 26 heavy (non-hydrogen) atoms. The fourth-order valence-corrected chi connectivity index (χ4v) is 3.70. The molecule has 0 atom stereocenters. The molecule has 8 heteroatoms. The first-order valence-electron chi connectivity index (χ1n) is 7.75. The first-order chi connectivity index (χ1) is 12.5. The number of likely N-dealkylation sites (N-methyl/N-ethyl adjacent to an activating group) is 1. The van der Waals surface area contributed by atoms with Crippen LogP contribution in [-0.2, 0) is 9.53 Å². The van der Waals surface area contributed by atoms with E-state index in [-0.39, 0.29) is 5.91 Å². The number of amides is 1. The van der Waals surface area contributed by atoms with Crippen molar-refractivity contribution in [3.63, 3.8) is 0 Å². The van der Waals surface area contributed by atoms with Crippen LogP contribution in [0.3, 0.4) is 0 Å². The highest BCUT2D eigenvalue weighted by molar-refractivity contribution is 9.10. The lowest BCUT2D eigenvalue weighted by atomic mass is 10.2. The third kappa shape index (κ3) is 3.91. The summed E-state index contributed by atoms with van der Waals surface area (Å²) in [6.45, 7) is 2.37. The van der Waals surface area contributed by atoms with E-state index in [4.69, 9.17) is 9.15 Å². The van der Waals surface area contributed by atoms with E-state index >= 15 is 0 Å². The summed E-state index contributed by atoms with van der Waals surface area (Å²) in [6, 6.07) is 10.3. The van der Waals surface area contributed by atoms with E-state index in [1.807, 2.05) is 6.92 Å². The molecular formula is C18H15BrN2O4S. The molecule has 0 bridgehead atoms. The molecule has 134 valence electrons. The number of halogens is 1. The van der Waals surface area contributed by atoms with Crippen LogP contribution in [0.2, 0.25) is 0 Å². The number of rotatable bonds is 4. The van der Waals surface area contributed by atoms with Gasteiger partial charge in [0.05, 0.1) is 23.3 Å². The lowest BCUT2D eigenvalue weighted by molar-refractivity contribution is -0.122. The molecule has 2 heterocycles. The minimum Gasteiger partial charge on any atom is -0.465 e. The highest BCUT2D eigenvalue weighted by Crippen LogP contribution is 2.34. The van der Waals surface area contributed by atoms with Crippen LogP contribution >= 0.6 is 27.7 Å². The first kappa shape index (κ1) is 18.5. The van der Waals surface area contributed by atoms with Gasteiger partial charge in [-0.25, -0.2) is 9.79 Å². The number of amidine groups is 1. The number of hydrogen-bond donors (Lipinski definition) is 0. The topological polar surface area (TPSA) is 72.1 Å². The van der Waals surface area contributed by atoms with Crippen molar-refractivity contribution in [2.75, 3.05) is 13.7 Å². The molecule has 0 saturated carbocycles. The van der Waals surface area contributed by atoms with Crippen LogP contribution in [0.1, 0.15) is 23.0 Å². The number of hydrogen-bond acceptors (Lipinski definition) is 6. The summed E-state index contributed by atoms with van der Waals surface area (Å²) in [5.41, 5.74) is 0.978. The number of ether oxygens (including phenoxy) is 1. The maximum absolute atomic E-state index is 12.6. The zero-order chi connectivity index (χ0) is 18.7. The third-order valence-corrected chi connectivity index (χ3v) is 5.00. The van der Waals surface area contributed by atoms with Crippen molar-refractivity contribution in [1.82, 2.24) is 4.90 Å². The zero-order valence-electron chi connectivity index (χ0n) is 14.1. The van der Waals surface area contributed by atoms with E-state index in [9.17, 15) is 9.59 Å². The summed E-state index contributed by atoms with van der Waals surface area (Å²) >= 11 is 4.51. The van der Waals surface area contributed by atoms with Gasteiger partial charge in [0, 0.05) is 12.6 Å². The zero-order valence-corrected chi connectivity index (χ0v) is 16.5. The van der Waals surface area contributed by atoms with Gasteiger partial charge in [-0.2, -0.15) is 0 Å². The van der Waals surface area contributed by atoms with Gasteiger partial charge < -0.3 is 9.15 Å². The minimum absolute atomic E-state index is 0.132. The van der Waals surface area contributed by atoms with Crippen molar-refractivity contribution in [1.29, 1.82) is 0 Å². The van der Waals surface area contributed by atoms with Crippen LogP contribution in [0.5, 0.6) is 0 Å². The second kappa shape index (κ2) is 7.92. The Bertz CT molecular complexity index is 919. The van der Waals surface area contributed by atoms with E-state index in [2.05, 4.69) is 20.9 Å². The number of carbonyl (C=O) groups excluding carboxylic acids is 2. The van der Waals surface area contributed by atoms with Crippen molar-refractivity contribution in [3.05, 3.63) is 57.3 Å². The van der Waals surface area contributed by atoms with Crippen LogP contribution in [0.4, 0.5) is 5.69 Å². The van der Waals surface area contributed by atoms with Gasteiger partial charge in [0.15, 0.2) is 9.84 Å². The molecule has 1 aromatic carbocycles. The van der Waals surface area contributed by atoms with Gasteiger partial charge in [-0.05, 0) is 64.9 Å². The van der Waals surface area contributed by atoms with Crippen molar-refractivity contribution in [2.24, 2.45) is 4.99 Å². The fourth-order valence-electron chi connectivity index (χ4n) is 2.34. The van der Waals surface area contributed by atoms with E-state index < -0.39 is 5.97 Å². The molecular weight excluding hydrogens is 420 g/mol. The molecule has 0 radical (unpaired) electrons. The lowest BCUT2D eigenvalue weighted by Gasteiger charge is -2.12. The van der Waals surface area contributed by atoms with Crippen LogP contribution in [-0.4, -0.2) is 35.6 Å². The van der Waals surface area contributed by atoms with Gasteiger partial charge in [0.25, 0.3) is 5.91 Å².